The summed E-state index contributed by atoms with van der Waals surface area (Å²) in [5.74, 6) is 0.299. The third-order valence-electron chi connectivity index (χ3n) is 6.16. The minimum absolute atomic E-state index is 0.0265. The predicted octanol–water partition coefficient (Wildman–Crippen LogP) is 6.04. The van der Waals surface area contributed by atoms with Gasteiger partial charge >= 0.3 is 0 Å². The van der Waals surface area contributed by atoms with E-state index in [1.54, 1.807) is 29.2 Å². The van der Waals surface area contributed by atoms with Crippen LogP contribution in [-0.4, -0.2) is 39.5 Å². The number of halogens is 1. The van der Waals surface area contributed by atoms with E-state index in [2.05, 4.69) is 5.32 Å². The second-order valence-electron chi connectivity index (χ2n) is 9.09. The third-order valence-corrected chi connectivity index (χ3v) is 7.38. The van der Waals surface area contributed by atoms with Gasteiger partial charge in [-0.05, 0) is 42.2 Å². The molecule has 0 aliphatic heterocycles. The fraction of sp³-hybridized carbons (Fsp3) is 0.310. The first-order chi connectivity index (χ1) is 18.3. The smallest absolute Gasteiger partial charge is 0.269 e. The number of thioether (sulfide) groups is 1. The van der Waals surface area contributed by atoms with Crippen LogP contribution in [0.25, 0.3) is 0 Å². The van der Waals surface area contributed by atoms with Gasteiger partial charge in [-0.15, -0.1) is 11.8 Å². The zero-order chi connectivity index (χ0) is 27.5. The largest absolute Gasteiger partial charge is 0.352 e. The highest BCUT2D eigenvalue weighted by Gasteiger charge is 2.31. The lowest BCUT2D eigenvalue weighted by Crippen LogP contribution is -2.52. The molecule has 0 aliphatic rings. The molecule has 200 valence electrons. The summed E-state index contributed by atoms with van der Waals surface area (Å²) in [4.78, 5) is 39.3. The lowest BCUT2D eigenvalue weighted by molar-refractivity contribution is -0.384. The van der Waals surface area contributed by atoms with Crippen LogP contribution in [0, 0.1) is 10.1 Å². The standard InChI is InChI=1S/C29H32ClN3O4S/c1-3-21(2)31-29(35)27(17-22-8-5-4-6-9-22)32(18-24-10-7-11-25(30)16-24)28(34)20-38-19-23-12-14-26(15-13-23)33(36)37/h4-16,21,27H,3,17-20H2,1-2H3,(H,31,35)/t21-,27+/m1/s1. The summed E-state index contributed by atoms with van der Waals surface area (Å²) in [5, 5.41) is 14.5. The van der Waals surface area contributed by atoms with Crippen molar-refractivity contribution in [2.45, 2.75) is 51.1 Å². The van der Waals surface area contributed by atoms with Gasteiger partial charge in [0, 0.05) is 41.9 Å². The quantitative estimate of drug-likeness (QED) is 0.206. The summed E-state index contributed by atoms with van der Waals surface area (Å²) in [6.07, 6.45) is 1.15. The summed E-state index contributed by atoms with van der Waals surface area (Å²) < 4.78 is 0. The van der Waals surface area contributed by atoms with Gasteiger partial charge in [0.2, 0.25) is 11.8 Å². The van der Waals surface area contributed by atoms with E-state index in [9.17, 15) is 19.7 Å². The van der Waals surface area contributed by atoms with Gasteiger partial charge in [-0.25, -0.2) is 0 Å². The van der Waals surface area contributed by atoms with E-state index in [1.165, 1.54) is 23.9 Å². The van der Waals surface area contributed by atoms with E-state index in [0.29, 0.717) is 17.2 Å². The van der Waals surface area contributed by atoms with E-state index < -0.39 is 11.0 Å². The topological polar surface area (TPSA) is 92.6 Å². The molecule has 9 heteroatoms. The van der Waals surface area contributed by atoms with Gasteiger partial charge in [0.15, 0.2) is 0 Å². The van der Waals surface area contributed by atoms with Gasteiger partial charge in [-0.1, -0.05) is 73.1 Å². The number of nitro benzene ring substituents is 1. The average molecular weight is 554 g/mol. The highest BCUT2D eigenvalue weighted by molar-refractivity contribution is 7.99. The second-order valence-corrected chi connectivity index (χ2v) is 10.5. The first-order valence-electron chi connectivity index (χ1n) is 12.5. The molecule has 0 unspecified atom stereocenters. The molecule has 0 fully saturated rings. The van der Waals surface area contributed by atoms with Crippen molar-refractivity contribution in [3.05, 3.63) is 111 Å². The predicted molar refractivity (Wildman–Crippen MR) is 153 cm³/mol. The molecule has 0 radical (unpaired) electrons. The van der Waals surface area contributed by atoms with Crippen molar-refractivity contribution in [3.63, 3.8) is 0 Å². The number of non-ortho nitro benzene ring substituents is 1. The first kappa shape index (κ1) is 29.2. The number of hydrogen-bond donors (Lipinski definition) is 1. The van der Waals surface area contributed by atoms with E-state index in [1.807, 2.05) is 56.3 Å². The molecule has 0 aliphatic carbocycles. The Balaban J connectivity index is 1.83. The Morgan fingerprint density at radius 2 is 1.68 bits per heavy atom. The van der Waals surface area contributed by atoms with E-state index in [0.717, 1.165) is 23.1 Å². The Morgan fingerprint density at radius 3 is 2.32 bits per heavy atom. The van der Waals surface area contributed by atoms with Crippen molar-refractivity contribution < 1.29 is 14.5 Å². The molecule has 0 saturated heterocycles. The molecule has 0 bridgehead atoms. The fourth-order valence-corrected chi connectivity index (χ4v) is 4.96. The van der Waals surface area contributed by atoms with Gasteiger partial charge in [0.05, 0.1) is 10.7 Å². The van der Waals surface area contributed by atoms with E-state index in [4.69, 9.17) is 11.6 Å². The van der Waals surface area contributed by atoms with Crippen LogP contribution in [0.4, 0.5) is 5.69 Å². The van der Waals surface area contributed by atoms with Gasteiger partial charge < -0.3 is 10.2 Å². The van der Waals surface area contributed by atoms with Crippen molar-refractivity contribution in [3.8, 4) is 0 Å². The van der Waals surface area contributed by atoms with E-state index >= 15 is 0 Å². The van der Waals surface area contributed by atoms with Crippen LogP contribution in [0.15, 0.2) is 78.9 Å². The summed E-state index contributed by atoms with van der Waals surface area (Å²) in [6.45, 7) is 4.18. The SMILES string of the molecule is CC[C@@H](C)NC(=O)[C@H](Cc1ccccc1)N(Cc1cccc(Cl)c1)C(=O)CSCc1ccc([N+](=O)[O-])cc1. The van der Waals surface area contributed by atoms with Crippen molar-refractivity contribution in [1.29, 1.82) is 0 Å². The number of nitro groups is 1. The average Bonchev–Trinajstić information content (AvgIpc) is 2.91. The second kappa shape index (κ2) is 14.5. The molecule has 2 atom stereocenters. The molecular weight excluding hydrogens is 522 g/mol. The highest BCUT2D eigenvalue weighted by Crippen LogP contribution is 2.21. The molecule has 0 saturated carbocycles. The minimum Gasteiger partial charge on any atom is -0.352 e. The van der Waals surface area contributed by atoms with Crippen LogP contribution in [0.2, 0.25) is 5.02 Å². The molecule has 0 aromatic heterocycles. The molecule has 1 N–H and O–H groups in total. The molecular formula is C29H32ClN3O4S. The zero-order valence-electron chi connectivity index (χ0n) is 21.5. The first-order valence-corrected chi connectivity index (χ1v) is 14.0. The summed E-state index contributed by atoms with van der Waals surface area (Å²) in [5.41, 5.74) is 2.70. The molecule has 3 aromatic carbocycles. The number of nitrogens with zero attached hydrogens (tertiary/aromatic N) is 2. The Hall–Kier alpha value is -3.36. The number of rotatable bonds is 13. The Kier molecular flexibility index (Phi) is 11.2. The number of benzene rings is 3. The molecule has 3 aromatic rings. The van der Waals surface area contributed by atoms with Crippen molar-refractivity contribution in [1.82, 2.24) is 10.2 Å². The number of carbonyl (C=O) groups excluding carboxylic acids is 2. The summed E-state index contributed by atoms with van der Waals surface area (Å²) >= 11 is 7.63. The Labute approximate surface area is 232 Å². The van der Waals surface area contributed by atoms with Gasteiger partial charge in [0.25, 0.3) is 5.69 Å². The van der Waals surface area contributed by atoms with Crippen LogP contribution < -0.4 is 5.32 Å². The van der Waals surface area contributed by atoms with Gasteiger partial charge in [-0.2, -0.15) is 0 Å². The maximum Gasteiger partial charge on any atom is 0.269 e. The van der Waals surface area contributed by atoms with Gasteiger partial charge in [0.1, 0.15) is 6.04 Å². The zero-order valence-corrected chi connectivity index (χ0v) is 23.1. The van der Waals surface area contributed by atoms with Crippen LogP contribution in [0.5, 0.6) is 0 Å². The van der Waals surface area contributed by atoms with Crippen molar-refractivity contribution >= 4 is 40.9 Å². The minimum atomic E-state index is -0.710. The third kappa shape index (κ3) is 8.89. The van der Waals surface area contributed by atoms with E-state index in [-0.39, 0.29) is 35.8 Å². The molecule has 0 spiro atoms. The molecule has 2 amide bonds. The van der Waals surface area contributed by atoms with Crippen LogP contribution in [0.3, 0.4) is 0 Å². The molecule has 38 heavy (non-hydrogen) atoms. The van der Waals surface area contributed by atoms with Crippen molar-refractivity contribution in [2.24, 2.45) is 0 Å². The lowest BCUT2D eigenvalue weighted by Gasteiger charge is -2.32. The summed E-state index contributed by atoms with van der Waals surface area (Å²) in [6, 6.07) is 22.5. The molecule has 7 nitrogen and oxygen atoms in total. The van der Waals surface area contributed by atoms with Crippen LogP contribution in [-0.2, 0) is 28.3 Å². The van der Waals surface area contributed by atoms with Crippen molar-refractivity contribution in [2.75, 3.05) is 5.75 Å². The number of carbonyl (C=O) groups is 2. The normalized spacial score (nSPS) is 12.4. The number of amides is 2. The molecule has 3 rings (SSSR count). The number of nitrogens with one attached hydrogen (secondary N) is 1. The molecule has 0 heterocycles. The lowest BCUT2D eigenvalue weighted by atomic mass is 10.0. The maximum absolute atomic E-state index is 13.7. The highest BCUT2D eigenvalue weighted by atomic mass is 35.5. The van der Waals surface area contributed by atoms with Gasteiger partial charge in [-0.3, -0.25) is 19.7 Å². The fourth-order valence-electron chi connectivity index (χ4n) is 3.88. The maximum atomic E-state index is 13.7. The number of hydrogen-bond acceptors (Lipinski definition) is 5. The summed E-state index contributed by atoms with van der Waals surface area (Å²) in [7, 11) is 0. The van der Waals surface area contributed by atoms with Crippen LogP contribution >= 0.6 is 23.4 Å². The Bertz CT molecular complexity index is 1220. The van der Waals surface area contributed by atoms with Crippen LogP contribution in [0.1, 0.15) is 37.0 Å². The monoisotopic (exact) mass is 553 g/mol. The Morgan fingerprint density at radius 1 is 1.00 bits per heavy atom.